The van der Waals surface area contributed by atoms with Crippen LogP contribution in [-0.2, 0) is 4.74 Å². The highest BCUT2D eigenvalue weighted by Crippen LogP contribution is 2.20. The number of hydrogen-bond donors (Lipinski definition) is 2. The summed E-state index contributed by atoms with van der Waals surface area (Å²) < 4.78 is 30.3. The van der Waals surface area contributed by atoms with Crippen molar-refractivity contribution in [2.45, 2.75) is 0 Å². The Kier molecular flexibility index (Phi) is 4.14. The van der Waals surface area contributed by atoms with E-state index in [0.717, 1.165) is 12.1 Å². The van der Waals surface area contributed by atoms with Gasteiger partial charge in [-0.05, 0) is 36.4 Å². The maximum absolute atomic E-state index is 13.1. The molecular weight excluding hydrogens is 266 g/mol. The predicted molar refractivity (Wildman–Crippen MR) is 72.1 cm³/mol. The fourth-order valence-corrected chi connectivity index (χ4v) is 1.55. The molecule has 1 amide bonds. The second-order valence-corrected chi connectivity index (χ2v) is 3.95. The van der Waals surface area contributed by atoms with Crippen LogP contribution >= 0.6 is 0 Å². The SMILES string of the molecule is COC(=O)Nc1ccc(Nc2ccc(F)c(F)c2)cc1. The largest absolute Gasteiger partial charge is 0.453 e. The minimum atomic E-state index is -0.918. The third-order valence-corrected chi connectivity index (χ3v) is 2.52. The minimum Gasteiger partial charge on any atom is -0.453 e. The molecule has 6 heteroatoms. The van der Waals surface area contributed by atoms with Crippen LogP contribution in [0.1, 0.15) is 0 Å². The van der Waals surface area contributed by atoms with Crippen molar-refractivity contribution in [1.29, 1.82) is 0 Å². The molecule has 2 rings (SSSR count). The highest BCUT2D eigenvalue weighted by molar-refractivity contribution is 5.84. The lowest BCUT2D eigenvalue weighted by Gasteiger charge is -2.08. The van der Waals surface area contributed by atoms with E-state index in [1.54, 1.807) is 24.3 Å². The van der Waals surface area contributed by atoms with Crippen LogP contribution in [0.5, 0.6) is 0 Å². The van der Waals surface area contributed by atoms with Gasteiger partial charge >= 0.3 is 6.09 Å². The van der Waals surface area contributed by atoms with E-state index in [9.17, 15) is 13.6 Å². The van der Waals surface area contributed by atoms with Gasteiger partial charge in [-0.1, -0.05) is 0 Å². The zero-order chi connectivity index (χ0) is 14.5. The lowest BCUT2D eigenvalue weighted by atomic mass is 10.2. The summed E-state index contributed by atoms with van der Waals surface area (Å²) in [7, 11) is 1.27. The van der Waals surface area contributed by atoms with Gasteiger partial charge in [0, 0.05) is 23.1 Å². The fraction of sp³-hybridized carbons (Fsp3) is 0.0714. The lowest BCUT2D eigenvalue weighted by Crippen LogP contribution is -2.10. The van der Waals surface area contributed by atoms with Crippen LogP contribution < -0.4 is 10.6 Å². The average Bonchev–Trinajstić information content (AvgIpc) is 2.45. The number of methoxy groups -OCH3 is 1. The molecule has 0 heterocycles. The minimum absolute atomic E-state index is 0.428. The van der Waals surface area contributed by atoms with Crippen molar-refractivity contribution in [2.24, 2.45) is 0 Å². The molecule has 0 radical (unpaired) electrons. The smallest absolute Gasteiger partial charge is 0.411 e. The number of anilines is 3. The van der Waals surface area contributed by atoms with Gasteiger partial charge in [-0.3, -0.25) is 5.32 Å². The Balaban J connectivity index is 2.06. The van der Waals surface area contributed by atoms with Crippen molar-refractivity contribution < 1.29 is 18.3 Å². The Morgan fingerprint density at radius 2 is 1.55 bits per heavy atom. The molecule has 0 atom stereocenters. The first-order valence-corrected chi connectivity index (χ1v) is 5.75. The Labute approximate surface area is 114 Å². The third-order valence-electron chi connectivity index (χ3n) is 2.52. The van der Waals surface area contributed by atoms with Gasteiger partial charge in [0.2, 0.25) is 0 Å². The number of hydrogen-bond acceptors (Lipinski definition) is 3. The van der Waals surface area contributed by atoms with Crippen LogP contribution in [0.2, 0.25) is 0 Å². The van der Waals surface area contributed by atoms with E-state index in [1.807, 2.05) is 0 Å². The van der Waals surface area contributed by atoms with Gasteiger partial charge in [0.15, 0.2) is 11.6 Å². The number of amides is 1. The van der Waals surface area contributed by atoms with Crippen LogP contribution in [-0.4, -0.2) is 13.2 Å². The van der Waals surface area contributed by atoms with Gasteiger partial charge in [-0.15, -0.1) is 0 Å². The third kappa shape index (κ3) is 3.44. The number of carbonyl (C=O) groups excluding carboxylic acids is 1. The molecule has 0 unspecified atom stereocenters. The topological polar surface area (TPSA) is 50.4 Å². The molecule has 104 valence electrons. The van der Waals surface area contributed by atoms with Gasteiger partial charge in [0.05, 0.1) is 7.11 Å². The Hall–Kier alpha value is -2.63. The average molecular weight is 278 g/mol. The highest BCUT2D eigenvalue weighted by atomic mass is 19.2. The first-order valence-electron chi connectivity index (χ1n) is 5.75. The molecule has 0 saturated heterocycles. The van der Waals surface area contributed by atoms with Crippen LogP contribution in [0.4, 0.5) is 30.6 Å². The highest BCUT2D eigenvalue weighted by Gasteiger charge is 2.03. The van der Waals surface area contributed by atoms with E-state index in [1.165, 1.54) is 13.2 Å². The fourth-order valence-electron chi connectivity index (χ4n) is 1.55. The van der Waals surface area contributed by atoms with Crippen LogP contribution in [0.15, 0.2) is 42.5 Å². The van der Waals surface area contributed by atoms with E-state index in [-0.39, 0.29) is 0 Å². The number of ether oxygens (including phenoxy) is 1. The number of carbonyl (C=O) groups is 1. The molecule has 0 aliphatic heterocycles. The maximum Gasteiger partial charge on any atom is 0.411 e. The van der Waals surface area contributed by atoms with Crippen LogP contribution in [0, 0.1) is 11.6 Å². The molecule has 2 aromatic carbocycles. The summed E-state index contributed by atoms with van der Waals surface area (Å²) in [5.41, 5.74) is 1.66. The van der Waals surface area contributed by atoms with Gasteiger partial charge in [0.25, 0.3) is 0 Å². The maximum atomic E-state index is 13.1. The molecule has 0 bridgehead atoms. The molecular formula is C14H12F2N2O2. The monoisotopic (exact) mass is 278 g/mol. The molecule has 0 saturated carbocycles. The van der Waals surface area contributed by atoms with E-state index < -0.39 is 17.7 Å². The van der Waals surface area contributed by atoms with E-state index in [0.29, 0.717) is 17.1 Å². The van der Waals surface area contributed by atoms with E-state index in [4.69, 9.17) is 0 Å². The number of halogens is 2. The molecule has 2 aromatic rings. The molecule has 0 aromatic heterocycles. The molecule has 0 aliphatic carbocycles. The molecule has 4 nitrogen and oxygen atoms in total. The standard InChI is InChI=1S/C14H12F2N2O2/c1-20-14(19)18-10-4-2-9(3-5-10)17-11-6-7-12(15)13(16)8-11/h2-8,17H,1H3,(H,18,19). The van der Waals surface area contributed by atoms with E-state index in [2.05, 4.69) is 15.4 Å². The number of nitrogens with one attached hydrogen (secondary N) is 2. The second kappa shape index (κ2) is 6.01. The number of benzene rings is 2. The Morgan fingerprint density at radius 1 is 0.950 bits per heavy atom. The molecule has 2 N–H and O–H groups in total. The molecule has 0 fully saturated rings. The van der Waals surface area contributed by atoms with Crippen molar-refractivity contribution in [2.75, 3.05) is 17.7 Å². The lowest BCUT2D eigenvalue weighted by molar-refractivity contribution is 0.187. The quantitative estimate of drug-likeness (QED) is 0.895. The first kappa shape index (κ1) is 13.8. The summed E-state index contributed by atoms with van der Waals surface area (Å²) in [6.45, 7) is 0. The van der Waals surface area contributed by atoms with Crippen molar-refractivity contribution >= 4 is 23.2 Å². The van der Waals surface area contributed by atoms with Crippen molar-refractivity contribution in [1.82, 2.24) is 0 Å². The Bertz CT molecular complexity index is 615. The Morgan fingerprint density at radius 3 is 2.15 bits per heavy atom. The summed E-state index contributed by atoms with van der Waals surface area (Å²) in [6.07, 6.45) is -0.564. The van der Waals surface area contributed by atoms with Crippen molar-refractivity contribution in [3.8, 4) is 0 Å². The van der Waals surface area contributed by atoms with Crippen LogP contribution in [0.3, 0.4) is 0 Å². The summed E-state index contributed by atoms with van der Waals surface area (Å²) >= 11 is 0. The summed E-state index contributed by atoms with van der Waals surface area (Å²) in [5, 5.41) is 5.42. The zero-order valence-electron chi connectivity index (χ0n) is 10.6. The normalized spacial score (nSPS) is 9.95. The molecule has 20 heavy (non-hydrogen) atoms. The first-order chi connectivity index (χ1) is 9.58. The van der Waals surface area contributed by atoms with Crippen LogP contribution in [0.25, 0.3) is 0 Å². The molecule has 0 spiro atoms. The van der Waals surface area contributed by atoms with Gasteiger partial charge < -0.3 is 10.1 Å². The van der Waals surface area contributed by atoms with Crippen molar-refractivity contribution in [3.05, 3.63) is 54.1 Å². The number of rotatable bonds is 3. The zero-order valence-corrected chi connectivity index (χ0v) is 10.6. The van der Waals surface area contributed by atoms with Crippen molar-refractivity contribution in [3.63, 3.8) is 0 Å². The second-order valence-electron chi connectivity index (χ2n) is 3.95. The van der Waals surface area contributed by atoms with Gasteiger partial charge in [-0.25, -0.2) is 13.6 Å². The summed E-state index contributed by atoms with van der Waals surface area (Å²) in [5.74, 6) is -1.81. The predicted octanol–water partition coefficient (Wildman–Crippen LogP) is 3.89. The summed E-state index contributed by atoms with van der Waals surface area (Å²) in [4.78, 5) is 11.0. The summed E-state index contributed by atoms with van der Waals surface area (Å²) in [6, 6.07) is 10.2. The van der Waals surface area contributed by atoms with Gasteiger partial charge in [-0.2, -0.15) is 0 Å². The van der Waals surface area contributed by atoms with Gasteiger partial charge in [0.1, 0.15) is 0 Å². The van der Waals surface area contributed by atoms with E-state index >= 15 is 0 Å². The molecule has 0 aliphatic rings.